The molecular formula is C12H20N4O3. The fraction of sp³-hybridized carbons (Fsp3) is 0.500. The Morgan fingerprint density at radius 1 is 1.53 bits per heavy atom. The molecule has 0 saturated heterocycles. The molecule has 19 heavy (non-hydrogen) atoms. The average Bonchev–Trinajstić information content (AvgIpc) is 2.38. The van der Waals surface area contributed by atoms with Gasteiger partial charge in [0.1, 0.15) is 11.4 Å². The number of para-hydroxylation sites is 1. The van der Waals surface area contributed by atoms with Crippen LogP contribution in [-0.4, -0.2) is 29.2 Å². The van der Waals surface area contributed by atoms with Crippen molar-refractivity contribution in [3.63, 3.8) is 0 Å². The van der Waals surface area contributed by atoms with Crippen molar-refractivity contribution in [1.82, 2.24) is 0 Å². The molecular weight excluding hydrogens is 248 g/mol. The predicted molar refractivity (Wildman–Crippen MR) is 75.1 cm³/mol. The Bertz CT molecular complexity index is 437. The van der Waals surface area contributed by atoms with E-state index in [-0.39, 0.29) is 24.0 Å². The molecule has 0 spiro atoms. The van der Waals surface area contributed by atoms with Gasteiger partial charge in [-0.25, -0.2) is 0 Å². The van der Waals surface area contributed by atoms with Crippen LogP contribution in [0.4, 0.5) is 17.1 Å². The molecule has 7 nitrogen and oxygen atoms in total. The Hall–Kier alpha value is -1.86. The molecule has 4 N–H and O–H groups in total. The van der Waals surface area contributed by atoms with Gasteiger partial charge >= 0.3 is 5.69 Å². The van der Waals surface area contributed by atoms with Crippen LogP contribution in [0.1, 0.15) is 20.3 Å². The molecule has 1 aromatic carbocycles. The lowest BCUT2D eigenvalue weighted by Crippen LogP contribution is -2.33. The third-order valence-electron chi connectivity index (χ3n) is 2.84. The minimum Gasteiger partial charge on any atom is -0.396 e. The maximum absolute atomic E-state index is 11.2. The summed E-state index contributed by atoms with van der Waals surface area (Å²) in [6.07, 6.45) is 0.551. The number of hydrazine groups is 1. The van der Waals surface area contributed by atoms with Gasteiger partial charge in [-0.05, 0) is 32.4 Å². The third-order valence-corrected chi connectivity index (χ3v) is 2.84. The molecule has 0 heterocycles. The van der Waals surface area contributed by atoms with Gasteiger partial charge in [0.15, 0.2) is 0 Å². The first kappa shape index (κ1) is 15.2. The molecule has 0 fully saturated rings. The summed E-state index contributed by atoms with van der Waals surface area (Å²) in [4.78, 5) is 12.7. The summed E-state index contributed by atoms with van der Waals surface area (Å²) in [7, 11) is 0. The maximum Gasteiger partial charge on any atom is 0.316 e. The van der Waals surface area contributed by atoms with Crippen molar-refractivity contribution in [3.8, 4) is 0 Å². The standard InChI is InChI=1S/C12H20N4O3/c1-9(2)15(7-4-8-17)11-6-3-5-10(14-13)12(11)16(18)19/h3,5-6,9,14,17H,4,7-8,13H2,1-2H3. The highest BCUT2D eigenvalue weighted by molar-refractivity contribution is 5.76. The van der Waals surface area contributed by atoms with Crippen molar-refractivity contribution >= 4 is 17.1 Å². The molecule has 106 valence electrons. The van der Waals surface area contributed by atoms with Gasteiger partial charge in [0, 0.05) is 19.2 Å². The second-order valence-electron chi connectivity index (χ2n) is 4.44. The van der Waals surface area contributed by atoms with Crippen LogP contribution in [0.5, 0.6) is 0 Å². The minimum absolute atomic E-state index is 0.0448. The van der Waals surface area contributed by atoms with Gasteiger partial charge < -0.3 is 15.4 Å². The first-order chi connectivity index (χ1) is 9.02. The Morgan fingerprint density at radius 3 is 2.68 bits per heavy atom. The number of nitro groups is 1. The van der Waals surface area contributed by atoms with E-state index in [2.05, 4.69) is 5.43 Å². The van der Waals surface area contributed by atoms with Gasteiger partial charge in [0.2, 0.25) is 0 Å². The van der Waals surface area contributed by atoms with E-state index in [1.807, 2.05) is 18.7 Å². The van der Waals surface area contributed by atoms with Crippen LogP contribution in [0.15, 0.2) is 18.2 Å². The molecule has 0 aromatic heterocycles. The van der Waals surface area contributed by atoms with E-state index in [0.29, 0.717) is 18.7 Å². The van der Waals surface area contributed by atoms with Gasteiger partial charge in [-0.2, -0.15) is 0 Å². The highest BCUT2D eigenvalue weighted by Crippen LogP contribution is 2.35. The molecule has 0 aliphatic carbocycles. The van der Waals surface area contributed by atoms with Crippen molar-refractivity contribution in [2.75, 3.05) is 23.5 Å². The number of hydrogen-bond donors (Lipinski definition) is 3. The molecule has 0 aliphatic rings. The fourth-order valence-electron chi connectivity index (χ4n) is 1.97. The van der Waals surface area contributed by atoms with E-state index in [0.717, 1.165) is 0 Å². The number of nitro benzene ring substituents is 1. The number of nitrogens with zero attached hydrogens (tertiary/aromatic N) is 2. The summed E-state index contributed by atoms with van der Waals surface area (Å²) < 4.78 is 0. The van der Waals surface area contributed by atoms with Gasteiger partial charge in [-0.15, -0.1) is 0 Å². The van der Waals surface area contributed by atoms with Gasteiger partial charge in [0.25, 0.3) is 0 Å². The number of hydrogen-bond acceptors (Lipinski definition) is 6. The van der Waals surface area contributed by atoms with Gasteiger partial charge in [-0.1, -0.05) is 6.07 Å². The molecule has 1 aromatic rings. The third kappa shape index (κ3) is 3.55. The number of benzene rings is 1. The lowest BCUT2D eigenvalue weighted by molar-refractivity contribution is -0.383. The number of aliphatic hydroxyl groups is 1. The number of nitrogen functional groups attached to an aromatic ring is 1. The van der Waals surface area contributed by atoms with E-state index in [1.165, 1.54) is 0 Å². The van der Waals surface area contributed by atoms with Crippen molar-refractivity contribution in [1.29, 1.82) is 0 Å². The minimum atomic E-state index is -0.446. The zero-order valence-corrected chi connectivity index (χ0v) is 11.2. The molecule has 0 atom stereocenters. The maximum atomic E-state index is 11.2. The Balaban J connectivity index is 3.25. The zero-order valence-electron chi connectivity index (χ0n) is 11.2. The van der Waals surface area contributed by atoms with E-state index in [9.17, 15) is 10.1 Å². The van der Waals surface area contributed by atoms with Crippen LogP contribution in [-0.2, 0) is 0 Å². The average molecular weight is 268 g/mol. The van der Waals surface area contributed by atoms with Gasteiger partial charge in [0.05, 0.1) is 4.92 Å². The zero-order chi connectivity index (χ0) is 14.4. The highest BCUT2D eigenvalue weighted by Gasteiger charge is 2.24. The lowest BCUT2D eigenvalue weighted by atomic mass is 10.1. The number of nitrogens with two attached hydrogens (primary N) is 1. The van der Waals surface area contributed by atoms with Crippen molar-refractivity contribution in [3.05, 3.63) is 28.3 Å². The van der Waals surface area contributed by atoms with Crippen molar-refractivity contribution in [2.45, 2.75) is 26.3 Å². The summed E-state index contributed by atoms with van der Waals surface area (Å²) in [5.74, 6) is 5.32. The molecule has 0 amide bonds. The van der Waals surface area contributed by atoms with Gasteiger partial charge in [-0.3, -0.25) is 16.0 Å². The molecule has 0 bridgehead atoms. The number of nitrogens with one attached hydrogen (secondary N) is 1. The molecule has 0 saturated carbocycles. The largest absolute Gasteiger partial charge is 0.396 e. The van der Waals surface area contributed by atoms with E-state index in [4.69, 9.17) is 10.9 Å². The molecule has 0 aliphatic heterocycles. The van der Waals surface area contributed by atoms with Crippen LogP contribution >= 0.6 is 0 Å². The summed E-state index contributed by atoms with van der Waals surface area (Å²) in [5, 5.41) is 20.2. The van der Waals surface area contributed by atoms with E-state index < -0.39 is 4.92 Å². The summed E-state index contributed by atoms with van der Waals surface area (Å²) in [6.45, 7) is 4.49. The number of rotatable bonds is 7. The Kier molecular flexibility index (Phi) is 5.53. The SMILES string of the molecule is CC(C)N(CCCO)c1cccc(NN)c1[N+](=O)[O-]. The van der Waals surface area contributed by atoms with Crippen molar-refractivity contribution in [2.24, 2.45) is 5.84 Å². The van der Waals surface area contributed by atoms with Crippen molar-refractivity contribution < 1.29 is 10.0 Å². The first-order valence-electron chi connectivity index (χ1n) is 6.14. The summed E-state index contributed by atoms with van der Waals surface area (Å²) >= 11 is 0. The Morgan fingerprint density at radius 2 is 2.21 bits per heavy atom. The molecule has 0 unspecified atom stereocenters. The summed E-state index contributed by atoms with van der Waals surface area (Å²) in [6, 6.07) is 5.05. The quantitative estimate of drug-likeness (QED) is 0.393. The van der Waals surface area contributed by atoms with Crippen LogP contribution in [0.25, 0.3) is 0 Å². The molecule has 0 radical (unpaired) electrons. The second-order valence-corrected chi connectivity index (χ2v) is 4.44. The van der Waals surface area contributed by atoms with E-state index in [1.54, 1.807) is 18.2 Å². The lowest BCUT2D eigenvalue weighted by Gasteiger charge is -2.28. The van der Waals surface area contributed by atoms with Crippen LogP contribution in [0, 0.1) is 10.1 Å². The van der Waals surface area contributed by atoms with Crippen LogP contribution in [0.3, 0.4) is 0 Å². The topological polar surface area (TPSA) is 105 Å². The second kappa shape index (κ2) is 6.91. The highest BCUT2D eigenvalue weighted by atomic mass is 16.6. The monoisotopic (exact) mass is 268 g/mol. The first-order valence-corrected chi connectivity index (χ1v) is 6.14. The number of aliphatic hydroxyl groups excluding tert-OH is 1. The predicted octanol–water partition coefficient (Wildman–Crippen LogP) is 1.48. The van der Waals surface area contributed by atoms with E-state index >= 15 is 0 Å². The fourth-order valence-corrected chi connectivity index (χ4v) is 1.97. The van der Waals surface area contributed by atoms with Crippen LogP contribution < -0.4 is 16.2 Å². The molecule has 1 rings (SSSR count). The smallest absolute Gasteiger partial charge is 0.316 e. The normalized spacial score (nSPS) is 10.6. The Labute approximate surface area is 112 Å². The summed E-state index contributed by atoms with van der Waals surface area (Å²) in [5.41, 5.74) is 3.08. The number of anilines is 2. The van der Waals surface area contributed by atoms with Crippen LogP contribution in [0.2, 0.25) is 0 Å². The molecule has 7 heteroatoms.